The van der Waals surface area contributed by atoms with Gasteiger partial charge in [0.15, 0.2) is 0 Å². The molecule has 0 spiro atoms. The van der Waals surface area contributed by atoms with Crippen molar-refractivity contribution < 1.29 is 22.4 Å². The zero-order chi connectivity index (χ0) is 22.0. The molecule has 11 heteroatoms. The average molecular weight is 446 g/mol. The summed E-state index contributed by atoms with van der Waals surface area (Å²) in [5.74, 6) is 0.0972. The second-order valence-electron chi connectivity index (χ2n) is 7.49. The molecule has 0 atom stereocenters. The largest absolute Gasteiger partial charge is 0.419 e. The Morgan fingerprint density at radius 3 is 2.35 bits per heavy atom. The lowest BCUT2D eigenvalue weighted by molar-refractivity contribution is -0.122. The Morgan fingerprint density at radius 1 is 1.13 bits per heavy atom. The molecule has 2 fully saturated rings. The molecule has 1 aromatic carbocycles. The van der Waals surface area contributed by atoms with Crippen molar-refractivity contribution >= 4 is 21.8 Å². The summed E-state index contributed by atoms with van der Waals surface area (Å²) in [4.78, 5) is 17.7. The molecule has 2 N–H and O–H groups in total. The van der Waals surface area contributed by atoms with E-state index in [1.807, 2.05) is 11.0 Å². The van der Waals surface area contributed by atoms with Crippen LogP contribution < -0.4 is 10.6 Å². The molecular formula is C20H23N5O5S. The summed E-state index contributed by atoms with van der Waals surface area (Å²) in [6.45, 7) is 2.48. The number of nitriles is 1. The van der Waals surface area contributed by atoms with Gasteiger partial charge in [-0.25, -0.2) is 8.42 Å². The minimum atomic E-state index is -3.59. The maximum Gasteiger partial charge on any atom is 0.243 e. The van der Waals surface area contributed by atoms with Gasteiger partial charge in [0, 0.05) is 37.7 Å². The van der Waals surface area contributed by atoms with E-state index in [0.717, 1.165) is 0 Å². The number of piperidine rings is 1. The summed E-state index contributed by atoms with van der Waals surface area (Å²) in [6, 6.07) is 8.29. The number of primary amides is 1. The number of sulfonamides is 1. The first-order valence-electron chi connectivity index (χ1n) is 10.0. The Labute approximate surface area is 180 Å². The molecule has 2 aromatic rings. The summed E-state index contributed by atoms with van der Waals surface area (Å²) in [5.41, 5.74) is 6.10. The van der Waals surface area contributed by atoms with Gasteiger partial charge >= 0.3 is 0 Å². The van der Waals surface area contributed by atoms with E-state index < -0.39 is 10.0 Å². The first kappa shape index (κ1) is 21.3. The second-order valence-corrected chi connectivity index (χ2v) is 9.43. The number of nitrogens with two attached hydrogens (primary N) is 1. The molecule has 0 bridgehead atoms. The quantitative estimate of drug-likeness (QED) is 0.716. The summed E-state index contributed by atoms with van der Waals surface area (Å²) < 4.78 is 38.0. The lowest BCUT2D eigenvalue weighted by Gasteiger charge is -2.30. The minimum Gasteiger partial charge on any atom is -0.419 e. The van der Waals surface area contributed by atoms with Crippen LogP contribution in [0.1, 0.15) is 18.5 Å². The fraction of sp³-hybridized carbons (Fsp3) is 0.450. The number of rotatable bonds is 5. The Kier molecular flexibility index (Phi) is 5.95. The molecule has 10 nitrogen and oxygen atoms in total. The van der Waals surface area contributed by atoms with Crippen LogP contribution in [-0.2, 0) is 19.6 Å². The molecule has 164 valence electrons. The third-order valence-electron chi connectivity index (χ3n) is 5.61. The predicted molar refractivity (Wildman–Crippen MR) is 110 cm³/mol. The van der Waals surface area contributed by atoms with Crippen LogP contribution in [0.5, 0.6) is 0 Å². The van der Waals surface area contributed by atoms with Crippen molar-refractivity contribution in [2.75, 3.05) is 44.3 Å². The van der Waals surface area contributed by atoms with Gasteiger partial charge in [0.25, 0.3) is 0 Å². The molecule has 4 rings (SSSR count). The Bertz CT molecular complexity index is 1090. The van der Waals surface area contributed by atoms with Crippen LogP contribution in [-0.4, -0.2) is 63.0 Å². The molecule has 2 aliphatic rings. The van der Waals surface area contributed by atoms with Gasteiger partial charge in [-0.2, -0.15) is 14.6 Å². The number of anilines is 1. The van der Waals surface area contributed by atoms with Gasteiger partial charge in [-0.15, -0.1) is 0 Å². The monoisotopic (exact) mass is 445 g/mol. The molecule has 31 heavy (non-hydrogen) atoms. The zero-order valence-electron chi connectivity index (χ0n) is 16.9. The molecule has 2 aliphatic heterocycles. The average Bonchev–Trinajstić information content (AvgIpc) is 3.24. The highest BCUT2D eigenvalue weighted by Crippen LogP contribution is 2.31. The van der Waals surface area contributed by atoms with Crippen LogP contribution in [0, 0.1) is 17.2 Å². The van der Waals surface area contributed by atoms with E-state index in [9.17, 15) is 18.5 Å². The lowest BCUT2D eigenvalue weighted by Crippen LogP contribution is -2.40. The van der Waals surface area contributed by atoms with E-state index in [1.54, 1.807) is 12.1 Å². The van der Waals surface area contributed by atoms with E-state index in [4.69, 9.17) is 14.9 Å². The number of aromatic nitrogens is 1. The topological polar surface area (TPSA) is 143 Å². The third-order valence-corrected chi connectivity index (χ3v) is 7.52. The number of amides is 1. The van der Waals surface area contributed by atoms with E-state index in [-0.39, 0.29) is 28.3 Å². The van der Waals surface area contributed by atoms with Gasteiger partial charge < -0.3 is 19.8 Å². The Hall–Kier alpha value is -2.94. The highest BCUT2D eigenvalue weighted by molar-refractivity contribution is 7.89. The SMILES string of the molecule is N#Cc1nc(-c2ccc(S(=O)(=O)N3CCOCC3)cc2)oc1N1CCC(C(N)=O)CC1. The van der Waals surface area contributed by atoms with Gasteiger partial charge in [0.1, 0.15) is 6.07 Å². The van der Waals surface area contributed by atoms with Gasteiger partial charge in [-0.3, -0.25) is 4.79 Å². The van der Waals surface area contributed by atoms with E-state index in [2.05, 4.69) is 4.98 Å². The van der Waals surface area contributed by atoms with Crippen molar-refractivity contribution in [2.45, 2.75) is 17.7 Å². The number of morpholine rings is 1. The number of ether oxygens (including phenoxy) is 1. The number of carbonyl (C=O) groups is 1. The van der Waals surface area contributed by atoms with Crippen LogP contribution >= 0.6 is 0 Å². The number of hydrogen-bond donors (Lipinski definition) is 1. The summed E-state index contributed by atoms with van der Waals surface area (Å²) in [7, 11) is -3.59. The van der Waals surface area contributed by atoms with E-state index in [0.29, 0.717) is 63.7 Å². The number of nitrogens with zero attached hydrogens (tertiary/aromatic N) is 4. The highest BCUT2D eigenvalue weighted by Gasteiger charge is 2.29. The first-order valence-corrected chi connectivity index (χ1v) is 11.5. The molecule has 2 saturated heterocycles. The standard InChI is InChI=1S/C20H23N5O5S/c21-13-17-20(24-7-5-14(6-8-24)18(22)26)30-19(23-17)15-1-3-16(4-2-15)31(27,28)25-9-11-29-12-10-25/h1-4,14H,5-12H2,(H2,22,26). The predicted octanol–water partition coefficient (Wildman–Crippen LogP) is 0.936. The fourth-order valence-electron chi connectivity index (χ4n) is 3.80. The molecule has 1 aromatic heterocycles. The van der Waals surface area contributed by atoms with Crippen molar-refractivity contribution in [1.82, 2.24) is 9.29 Å². The fourth-order valence-corrected chi connectivity index (χ4v) is 5.20. The third kappa shape index (κ3) is 4.27. The maximum atomic E-state index is 12.8. The van der Waals surface area contributed by atoms with Crippen molar-refractivity contribution in [1.29, 1.82) is 5.26 Å². The number of benzene rings is 1. The lowest BCUT2D eigenvalue weighted by atomic mass is 9.96. The molecule has 0 aliphatic carbocycles. The van der Waals surface area contributed by atoms with Crippen LogP contribution in [0.4, 0.5) is 5.88 Å². The van der Waals surface area contributed by atoms with Gasteiger partial charge in [-0.05, 0) is 37.1 Å². The van der Waals surface area contributed by atoms with E-state index >= 15 is 0 Å². The molecule has 0 radical (unpaired) electrons. The minimum absolute atomic E-state index is 0.150. The van der Waals surface area contributed by atoms with Crippen molar-refractivity contribution in [3.63, 3.8) is 0 Å². The number of hydrogen-bond acceptors (Lipinski definition) is 8. The highest BCUT2D eigenvalue weighted by atomic mass is 32.2. The zero-order valence-corrected chi connectivity index (χ0v) is 17.7. The van der Waals surface area contributed by atoms with E-state index in [1.165, 1.54) is 16.4 Å². The summed E-state index contributed by atoms with van der Waals surface area (Å²) in [5, 5.41) is 9.48. The molecule has 3 heterocycles. The number of oxazole rings is 1. The Morgan fingerprint density at radius 2 is 1.77 bits per heavy atom. The molecule has 1 amide bonds. The Balaban J connectivity index is 1.54. The first-order chi connectivity index (χ1) is 14.9. The van der Waals surface area contributed by atoms with Crippen LogP contribution in [0.15, 0.2) is 33.6 Å². The van der Waals surface area contributed by atoms with Crippen LogP contribution in [0.3, 0.4) is 0 Å². The smallest absolute Gasteiger partial charge is 0.243 e. The molecular weight excluding hydrogens is 422 g/mol. The van der Waals surface area contributed by atoms with Crippen LogP contribution in [0.25, 0.3) is 11.5 Å². The van der Waals surface area contributed by atoms with Crippen molar-refractivity contribution in [3.8, 4) is 17.5 Å². The molecule has 0 saturated carbocycles. The van der Waals surface area contributed by atoms with Gasteiger partial charge in [0.05, 0.1) is 18.1 Å². The summed E-state index contributed by atoms with van der Waals surface area (Å²) in [6.07, 6.45) is 1.18. The number of carbonyl (C=O) groups excluding carboxylic acids is 1. The van der Waals surface area contributed by atoms with Crippen molar-refractivity contribution in [2.24, 2.45) is 11.7 Å². The van der Waals surface area contributed by atoms with Crippen LogP contribution in [0.2, 0.25) is 0 Å². The van der Waals surface area contributed by atoms with Gasteiger partial charge in [-0.1, -0.05) is 0 Å². The molecule has 0 unspecified atom stereocenters. The normalized spacial score (nSPS) is 18.6. The second kappa shape index (κ2) is 8.66. The summed E-state index contributed by atoms with van der Waals surface area (Å²) >= 11 is 0. The van der Waals surface area contributed by atoms with Gasteiger partial charge in [0.2, 0.25) is 33.4 Å². The maximum absolute atomic E-state index is 12.8. The van der Waals surface area contributed by atoms with Crippen molar-refractivity contribution in [3.05, 3.63) is 30.0 Å².